The Labute approximate surface area is 149 Å². The number of nitrogens with one attached hydrogen (secondary N) is 1. The highest BCUT2D eigenvalue weighted by Crippen LogP contribution is 2.17. The summed E-state index contributed by atoms with van der Waals surface area (Å²) >= 11 is 6.13. The summed E-state index contributed by atoms with van der Waals surface area (Å²) in [7, 11) is 0. The highest BCUT2D eigenvalue weighted by Gasteiger charge is 2.17. The summed E-state index contributed by atoms with van der Waals surface area (Å²) in [6, 6.07) is 15.5. The van der Waals surface area contributed by atoms with Crippen LogP contribution < -0.4 is 10.1 Å². The van der Waals surface area contributed by atoms with Crippen molar-refractivity contribution in [3.8, 4) is 5.75 Å². The van der Waals surface area contributed by atoms with Crippen molar-refractivity contribution in [3.05, 3.63) is 64.7 Å². The molecule has 1 amide bonds. The molecule has 0 aliphatic carbocycles. The highest BCUT2D eigenvalue weighted by molar-refractivity contribution is 6.31. The summed E-state index contributed by atoms with van der Waals surface area (Å²) in [4.78, 5) is 12.3. The topological polar surface area (TPSA) is 38.3 Å². The van der Waals surface area contributed by atoms with Crippen LogP contribution >= 0.6 is 11.6 Å². The summed E-state index contributed by atoms with van der Waals surface area (Å²) in [6.45, 7) is 4.58. The average molecular weight is 346 g/mol. The van der Waals surface area contributed by atoms with Gasteiger partial charge in [0, 0.05) is 11.6 Å². The Morgan fingerprint density at radius 1 is 1.17 bits per heavy atom. The quantitative estimate of drug-likeness (QED) is 0.712. The first-order valence-electron chi connectivity index (χ1n) is 8.34. The minimum Gasteiger partial charge on any atom is -0.481 e. The fraction of sp³-hybridized carbons (Fsp3) is 0.350. The Kier molecular flexibility index (Phi) is 7.13. The standard InChI is InChI=1S/C20H24ClNO2/c1-3-19(24-17-12-10-15(2)11-13-17)20(23)22-14-6-8-16-7-4-5-9-18(16)21/h4-5,7,9-13,19H,3,6,8,14H2,1-2H3,(H,22,23)/t19-/m0/s1. The van der Waals surface area contributed by atoms with Crippen LogP contribution in [-0.2, 0) is 11.2 Å². The second kappa shape index (κ2) is 9.33. The van der Waals surface area contributed by atoms with E-state index in [1.165, 1.54) is 5.56 Å². The summed E-state index contributed by atoms with van der Waals surface area (Å²) < 4.78 is 5.78. The minimum atomic E-state index is -0.465. The van der Waals surface area contributed by atoms with E-state index >= 15 is 0 Å². The van der Waals surface area contributed by atoms with E-state index in [2.05, 4.69) is 5.32 Å². The zero-order valence-electron chi connectivity index (χ0n) is 14.2. The van der Waals surface area contributed by atoms with Crippen molar-refractivity contribution >= 4 is 17.5 Å². The first-order valence-corrected chi connectivity index (χ1v) is 8.72. The molecule has 0 aliphatic rings. The molecular formula is C20H24ClNO2. The molecule has 1 N–H and O–H groups in total. The molecule has 0 saturated carbocycles. The van der Waals surface area contributed by atoms with Crippen molar-refractivity contribution in [2.24, 2.45) is 0 Å². The highest BCUT2D eigenvalue weighted by atomic mass is 35.5. The van der Waals surface area contributed by atoms with Crippen LogP contribution in [0.15, 0.2) is 48.5 Å². The molecule has 2 rings (SSSR count). The molecule has 0 saturated heterocycles. The first kappa shape index (κ1) is 18.3. The number of amides is 1. The van der Waals surface area contributed by atoms with Gasteiger partial charge in [-0.1, -0.05) is 54.4 Å². The Bertz CT molecular complexity index is 655. The van der Waals surface area contributed by atoms with Crippen molar-refractivity contribution in [1.82, 2.24) is 5.32 Å². The molecule has 0 bridgehead atoms. The van der Waals surface area contributed by atoms with Crippen LogP contribution in [0.5, 0.6) is 5.75 Å². The van der Waals surface area contributed by atoms with Crippen LogP contribution in [0.25, 0.3) is 0 Å². The number of rotatable bonds is 8. The molecular weight excluding hydrogens is 322 g/mol. The van der Waals surface area contributed by atoms with Crippen molar-refractivity contribution in [3.63, 3.8) is 0 Å². The molecule has 0 radical (unpaired) electrons. The molecule has 0 fully saturated rings. The fourth-order valence-corrected chi connectivity index (χ4v) is 2.64. The molecule has 0 spiro atoms. The molecule has 3 nitrogen and oxygen atoms in total. The average Bonchev–Trinajstić information content (AvgIpc) is 2.59. The number of ether oxygens (including phenoxy) is 1. The van der Waals surface area contributed by atoms with Gasteiger partial charge in [0.1, 0.15) is 5.75 Å². The maximum absolute atomic E-state index is 12.3. The van der Waals surface area contributed by atoms with Gasteiger partial charge in [-0.15, -0.1) is 0 Å². The SMILES string of the molecule is CC[C@H](Oc1ccc(C)cc1)C(=O)NCCCc1ccccc1Cl. The maximum Gasteiger partial charge on any atom is 0.261 e. The van der Waals surface area contributed by atoms with Crippen LogP contribution in [0.3, 0.4) is 0 Å². The number of hydrogen-bond acceptors (Lipinski definition) is 2. The van der Waals surface area contributed by atoms with Crippen molar-refractivity contribution in [1.29, 1.82) is 0 Å². The lowest BCUT2D eigenvalue weighted by molar-refractivity contribution is -0.128. The lowest BCUT2D eigenvalue weighted by Gasteiger charge is -2.17. The van der Waals surface area contributed by atoms with E-state index in [0.717, 1.165) is 29.2 Å². The van der Waals surface area contributed by atoms with E-state index in [9.17, 15) is 4.79 Å². The Morgan fingerprint density at radius 3 is 2.54 bits per heavy atom. The van der Waals surface area contributed by atoms with Crippen molar-refractivity contribution in [2.45, 2.75) is 39.2 Å². The van der Waals surface area contributed by atoms with Gasteiger partial charge in [-0.25, -0.2) is 0 Å². The number of hydrogen-bond donors (Lipinski definition) is 1. The van der Waals surface area contributed by atoms with Gasteiger partial charge in [-0.2, -0.15) is 0 Å². The zero-order valence-corrected chi connectivity index (χ0v) is 15.0. The number of carbonyl (C=O) groups is 1. The molecule has 0 aromatic heterocycles. The third-order valence-electron chi connectivity index (χ3n) is 3.84. The van der Waals surface area contributed by atoms with Crippen LogP contribution in [-0.4, -0.2) is 18.6 Å². The minimum absolute atomic E-state index is 0.0720. The van der Waals surface area contributed by atoms with E-state index in [0.29, 0.717) is 13.0 Å². The lowest BCUT2D eigenvalue weighted by atomic mass is 10.1. The van der Waals surface area contributed by atoms with Gasteiger partial charge in [-0.05, 0) is 49.9 Å². The zero-order chi connectivity index (χ0) is 17.4. The second-order valence-electron chi connectivity index (χ2n) is 5.81. The molecule has 2 aromatic carbocycles. The van der Waals surface area contributed by atoms with Gasteiger partial charge < -0.3 is 10.1 Å². The molecule has 0 unspecified atom stereocenters. The number of aryl methyl sites for hydroxylation is 2. The van der Waals surface area contributed by atoms with Gasteiger partial charge in [-0.3, -0.25) is 4.79 Å². The largest absolute Gasteiger partial charge is 0.481 e. The predicted molar refractivity (Wildman–Crippen MR) is 98.7 cm³/mol. The summed E-state index contributed by atoms with van der Waals surface area (Å²) in [6.07, 6.45) is 1.85. The van der Waals surface area contributed by atoms with E-state index in [1.54, 1.807) is 0 Å². The van der Waals surface area contributed by atoms with Crippen LogP contribution in [0.2, 0.25) is 5.02 Å². The summed E-state index contributed by atoms with van der Waals surface area (Å²) in [5.41, 5.74) is 2.27. The number of halogens is 1. The number of carbonyl (C=O) groups excluding carboxylic acids is 1. The molecule has 2 aromatic rings. The van der Waals surface area contributed by atoms with Crippen molar-refractivity contribution < 1.29 is 9.53 Å². The van der Waals surface area contributed by atoms with E-state index < -0.39 is 6.10 Å². The smallest absolute Gasteiger partial charge is 0.261 e. The van der Waals surface area contributed by atoms with Crippen LogP contribution in [0.4, 0.5) is 0 Å². The Balaban J connectivity index is 1.77. The van der Waals surface area contributed by atoms with Crippen LogP contribution in [0.1, 0.15) is 30.9 Å². The summed E-state index contributed by atoms with van der Waals surface area (Å²) in [5, 5.41) is 3.72. The normalized spacial score (nSPS) is 11.8. The van der Waals surface area contributed by atoms with Gasteiger partial charge in [0.2, 0.25) is 0 Å². The molecule has 1 atom stereocenters. The molecule has 0 aliphatic heterocycles. The van der Waals surface area contributed by atoms with E-state index in [1.807, 2.05) is 62.4 Å². The monoisotopic (exact) mass is 345 g/mol. The first-order chi connectivity index (χ1) is 11.6. The number of benzene rings is 2. The molecule has 24 heavy (non-hydrogen) atoms. The molecule has 128 valence electrons. The molecule has 4 heteroatoms. The third-order valence-corrected chi connectivity index (χ3v) is 4.21. The van der Waals surface area contributed by atoms with Crippen LogP contribution in [0, 0.1) is 6.92 Å². The lowest BCUT2D eigenvalue weighted by Crippen LogP contribution is -2.38. The Hall–Kier alpha value is -2.00. The second-order valence-corrected chi connectivity index (χ2v) is 6.22. The van der Waals surface area contributed by atoms with Crippen molar-refractivity contribution in [2.75, 3.05) is 6.54 Å². The van der Waals surface area contributed by atoms with E-state index in [4.69, 9.17) is 16.3 Å². The third kappa shape index (κ3) is 5.57. The molecule has 0 heterocycles. The van der Waals surface area contributed by atoms with Gasteiger partial charge in [0.15, 0.2) is 6.10 Å². The van der Waals surface area contributed by atoms with Gasteiger partial charge in [0.05, 0.1) is 0 Å². The van der Waals surface area contributed by atoms with Gasteiger partial charge >= 0.3 is 0 Å². The predicted octanol–water partition coefficient (Wildman–Crippen LogP) is 4.55. The van der Waals surface area contributed by atoms with E-state index in [-0.39, 0.29) is 5.91 Å². The Morgan fingerprint density at radius 2 is 1.88 bits per heavy atom. The maximum atomic E-state index is 12.3. The fourth-order valence-electron chi connectivity index (χ4n) is 2.41. The van der Waals surface area contributed by atoms with Gasteiger partial charge in [0.25, 0.3) is 5.91 Å². The summed E-state index contributed by atoms with van der Waals surface area (Å²) in [5.74, 6) is 0.649.